The molecule has 0 atom stereocenters. The van der Waals surface area contributed by atoms with Crippen molar-refractivity contribution < 1.29 is 14.6 Å². The molecule has 1 aliphatic rings. The molecule has 1 amide bonds. The highest BCUT2D eigenvalue weighted by Gasteiger charge is 2.19. The first-order chi connectivity index (χ1) is 9.15. The Labute approximate surface area is 126 Å². The first kappa shape index (κ1) is 14.4. The van der Waals surface area contributed by atoms with Gasteiger partial charge < -0.3 is 14.7 Å². The molecule has 1 aliphatic heterocycles. The van der Waals surface area contributed by atoms with Crippen LogP contribution >= 0.6 is 22.6 Å². The number of amides is 1. The number of piperazine rings is 1. The van der Waals surface area contributed by atoms with Crippen molar-refractivity contribution >= 4 is 28.7 Å². The molecule has 1 heterocycles. The number of carboxylic acid groups (broad SMARTS) is 1. The third-order valence-electron chi connectivity index (χ3n) is 3.12. The van der Waals surface area contributed by atoms with Gasteiger partial charge in [-0.2, -0.15) is 0 Å². The highest BCUT2D eigenvalue weighted by molar-refractivity contribution is 14.1. The molecule has 0 aliphatic carbocycles. The largest absolute Gasteiger partial charge is 0.492 e. The van der Waals surface area contributed by atoms with E-state index < -0.39 is 6.09 Å². The number of halogens is 1. The van der Waals surface area contributed by atoms with Crippen LogP contribution in [0.15, 0.2) is 24.3 Å². The minimum atomic E-state index is -0.824. The lowest BCUT2D eigenvalue weighted by Crippen LogP contribution is -2.49. The summed E-state index contributed by atoms with van der Waals surface area (Å²) in [7, 11) is 0. The second kappa shape index (κ2) is 6.95. The molecule has 0 saturated carbocycles. The Bertz CT molecular complexity index is 434. The zero-order valence-corrected chi connectivity index (χ0v) is 12.7. The number of benzene rings is 1. The standard InChI is InChI=1S/C13H17IN2O3/c14-11-2-1-3-12(10-11)19-9-8-15-4-6-16(7-5-15)13(17)18/h1-3,10H,4-9H2,(H,17,18). The normalized spacial score (nSPS) is 16.4. The van der Waals surface area contributed by atoms with Crippen molar-refractivity contribution in [1.29, 1.82) is 0 Å². The summed E-state index contributed by atoms with van der Waals surface area (Å²) in [4.78, 5) is 14.5. The highest BCUT2D eigenvalue weighted by atomic mass is 127. The van der Waals surface area contributed by atoms with Crippen molar-refractivity contribution in [3.05, 3.63) is 27.8 Å². The van der Waals surface area contributed by atoms with Crippen LogP contribution in [0.1, 0.15) is 0 Å². The molecule has 1 N–H and O–H groups in total. The monoisotopic (exact) mass is 376 g/mol. The summed E-state index contributed by atoms with van der Waals surface area (Å²) < 4.78 is 6.85. The summed E-state index contributed by atoms with van der Waals surface area (Å²) in [6.07, 6.45) is -0.824. The fourth-order valence-corrected chi connectivity index (χ4v) is 2.53. The molecule has 1 fully saturated rings. The minimum absolute atomic E-state index is 0.582. The summed E-state index contributed by atoms with van der Waals surface area (Å²) >= 11 is 2.26. The van der Waals surface area contributed by atoms with Gasteiger partial charge in [0.15, 0.2) is 0 Å². The Morgan fingerprint density at radius 2 is 2.05 bits per heavy atom. The van der Waals surface area contributed by atoms with Gasteiger partial charge in [-0.25, -0.2) is 4.79 Å². The van der Waals surface area contributed by atoms with E-state index in [1.54, 1.807) is 0 Å². The number of carbonyl (C=O) groups is 1. The van der Waals surface area contributed by atoms with E-state index >= 15 is 0 Å². The first-order valence-electron chi connectivity index (χ1n) is 6.24. The molecule has 104 valence electrons. The zero-order chi connectivity index (χ0) is 13.7. The van der Waals surface area contributed by atoms with Crippen LogP contribution in [0.3, 0.4) is 0 Å². The maximum absolute atomic E-state index is 10.8. The Morgan fingerprint density at radius 1 is 1.32 bits per heavy atom. The van der Waals surface area contributed by atoms with E-state index in [4.69, 9.17) is 9.84 Å². The molecule has 5 nitrogen and oxygen atoms in total. The van der Waals surface area contributed by atoms with Crippen molar-refractivity contribution in [2.75, 3.05) is 39.3 Å². The lowest BCUT2D eigenvalue weighted by molar-refractivity contribution is 0.0985. The van der Waals surface area contributed by atoms with E-state index in [0.717, 1.165) is 29.0 Å². The summed E-state index contributed by atoms with van der Waals surface area (Å²) in [6, 6.07) is 7.95. The molecule has 0 unspecified atom stereocenters. The van der Waals surface area contributed by atoms with E-state index in [0.29, 0.717) is 19.7 Å². The fourth-order valence-electron chi connectivity index (χ4n) is 2.01. The van der Waals surface area contributed by atoms with Crippen molar-refractivity contribution in [3.8, 4) is 5.75 Å². The molecular weight excluding hydrogens is 359 g/mol. The van der Waals surface area contributed by atoms with E-state index in [9.17, 15) is 4.79 Å². The summed E-state index contributed by atoms with van der Waals surface area (Å²) in [6.45, 7) is 4.19. The third kappa shape index (κ3) is 4.54. The SMILES string of the molecule is O=C(O)N1CCN(CCOc2cccc(I)c2)CC1. The van der Waals surface area contributed by atoms with Gasteiger partial charge in [0.2, 0.25) is 0 Å². The van der Waals surface area contributed by atoms with Gasteiger partial charge >= 0.3 is 6.09 Å². The second-order valence-electron chi connectivity index (χ2n) is 4.42. The fraction of sp³-hybridized carbons (Fsp3) is 0.462. The number of rotatable bonds is 4. The van der Waals surface area contributed by atoms with E-state index in [1.807, 2.05) is 24.3 Å². The smallest absolute Gasteiger partial charge is 0.407 e. The summed E-state index contributed by atoms with van der Waals surface area (Å²) in [5.41, 5.74) is 0. The molecule has 0 aromatic heterocycles. The number of hydrogen-bond donors (Lipinski definition) is 1. The average molecular weight is 376 g/mol. The Hall–Kier alpha value is -1.02. The lowest BCUT2D eigenvalue weighted by Gasteiger charge is -2.32. The Kier molecular flexibility index (Phi) is 5.26. The van der Waals surface area contributed by atoms with Crippen molar-refractivity contribution in [1.82, 2.24) is 9.80 Å². The van der Waals surface area contributed by atoms with Gasteiger partial charge in [-0.1, -0.05) is 6.07 Å². The van der Waals surface area contributed by atoms with Crippen LogP contribution in [0.5, 0.6) is 5.75 Å². The van der Waals surface area contributed by atoms with E-state index in [2.05, 4.69) is 27.5 Å². The minimum Gasteiger partial charge on any atom is -0.492 e. The van der Waals surface area contributed by atoms with Gasteiger partial charge in [0.1, 0.15) is 12.4 Å². The zero-order valence-electron chi connectivity index (χ0n) is 10.6. The van der Waals surface area contributed by atoms with Crippen LogP contribution in [0, 0.1) is 3.57 Å². The molecule has 19 heavy (non-hydrogen) atoms. The number of ether oxygens (including phenoxy) is 1. The molecule has 0 spiro atoms. The molecule has 0 bridgehead atoms. The van der Waals surface area contributed by atoms with Crippen molar-refractivity contribution in [2.24, 2.45) is 0 Å². The molecule has 2 rings (SSSR count). The van der Waals surface area contributed by atoms with Crippen LogP contribution in [0.2, 0.25) is 0 Å². The number of nitrogens with zero attached hydrogens (tertiary/aromatic N) is 2. The van der Waals surface area contributed by atoms with Crippen LogP contribution in [-0.4, -0.2) is 60.3 Å². The summed E-state index contributed by atoms with van der Waals surface area (Å²) in [5.74, 6) is 0.885. The second-order valence-corrected chi connectivity index (χ2v) is 5.66. The lowest BCUT2D eigenvalue weighted by atomic mass is 10.3. The molecule has 0 radical (unpaired) electrons. The van der Waals surface area contributed by atoms with E-state index in [1.165, 1.54) is 4.90 Å². The molecule has 6 heteroatoms. The predicted molar refractivity (Wildman–Crippen MR) is 80.7 cm³/mol. The van der Waals surface area contributed by atoms with Crippen LogP contribution in [-0.2, 0) is 0 Å². The van der Waals surface area contributed by atoms with Gasteiger partial charge in [-0.05, 0) is 40.8 Å². The van der Waals surface area contributed by atoms with Gasteiger partial charge in [0.05, 0.1) is 0 Å². The maximum atomic E-state index is 10.8. The Balaban J connectivity index is 1.68. The van der Waals surface area contributed by atoms with E-state index in [-0.39, 0.29) is 0 Å². The predicted octanol–water partition coefficient (Wildman–Crippen LogP) is 1.97. The average Bonchev–Trinajstić information content (AvgIpc) is 2.39. The van der Waals surface area contributed by atoms with Crippen molar-refractivity contribution in [2.45, 2.75) is 0 Å². The van der Waals surface area contributed by atoms with Gasteiger partial charge in [-0.3, -0.25) is 4.90 Å². The van der Waals surface area contributed by atoms with Crippen LogP contribution < -0.4 is 4.74 Å². The topological polar surface area (TPSA) is 53.0 Å². The Morgan fingerprint density at radius 3 is 2.68 bits per heavy atom. The maximum Gasteiger partial charge on any atom is 0.407 e. The molecular formula is C13H17IN2O3. The first-order valence-corrected chi connectivity index (χ1v) is 7.31. The number of hydrogen-bond acceptors (Lipinski definition) is 3. The van der Waals surface area contributed by atoms with Gasteiger partial charge in [0, 0.05) is 36.3 Å². The van der Waals surface area contributed by atoms with Crippen molar-refractivity contribution in [3.63, 3.8) is 0 Å². The van der Waals surface area contributed by atoms with Crippen LogP contribution in [0.4, 0.5) is 4.79 Å². The van der Waals surface area contributed by atoms with Gasteiger partial charge in [-0.15, -0.1) is 0 Å². The molecule has 1 saturated heterocycles. The third-order valence-corrected chi connectivity index (χ3v) is 3.79. The molecule has 1 aromatic carbocycles. The quantitative estimate of drug-likeness (QED) is 0.817. The highest BCUT2D eigenvalue weighted by Crippen LogP contribution is 2.14. The van der Waals surface area contributed by atoms with Crippen LogP contribution in [0.25, 0.3) is 0 Å². The summed E-state index contributed by atoms with van der Waals surface area (Å²) in [5, 5.41) is 8.86. The molecule has 1 aromatic rings. The van der Waals surface area contributed by atoms with Gasteiger partial charge in [0.25, 0.3) is 0 Å².